The number of nitrogens with zero attached hydrogens (tertiary/aromatic N) is 1. The Kier molecular flexibility index (Phi) is 5.37. The molecule has 2 heterocycles. The van der Waals surface area contributed by atoms with Crippen LogP contribution in [-0.4, -0.2) is 43.1 Å². The average molecular weight is 421 g/mol. The maximum atomic E-state index is 12.9. The van der Waals surface area contributed by atoms with E-state index < -0.39 is 23.9 Å². The van der Waals surface area contributed by atoms with E-state index in [4.69, 9.17) is 9.47 Å². The van der Waals surface area contributed by atoms with Crippen molar-refractivity contribution in [1.82, 2.24) is 10.2 Å². The van der Waals surface area contributed by atoms with E-state index in [1.165, 1.54) is 12.0 Å². The molecule has 0 aliphatic carbocycles. The largest absolute Gasteiger partial charge is 0.495 e. The number of amides is 3. The second-order valence-electron chi connectivity index (χ2n) is 7.57. The minimum atomic E-state index is -0.616. The number of rotatable bonds is 5. The van der Waals surface area contributed by atoms with E-state index in [0.717, 1.165) is 16.7 Å². The average Bonchev–Trinajstić information content (AvgIpc) is 3.12. The van der Waals surface area contributed by atoms with Gasteiger partial charge in [-0.25, -0.2) is 9.59 Å². The molecule has 0 saturated heterocycles. The van der Waals surface area contributed by atoms with Crippen LogP contribution in [-0.2, 0) is 14.3 Å². The van der Waals surface area contributed by atoms with Crippen LogP contribution in [0, 0.1) is 13.8 Å². The van der Waals surface area contributed by atoms with Gasteiger partial charge in [0.25, 0.3) is 0 Å². The SMILES string of the molecule is COc1ccc(C)cc1NC(=O)CN1C(=O)NC(c2ccc(C)cc2)C2=C1COC2=O. The number of cyclic esters (lactones) is 1. The first-order valence-corrected chi connectivity index (χ1v) is 9.86. The zero-order chi connectivity index (χ0) is 22.1. The van der Waals surface area contributed by atoms with Crippen molar-refractivity contribution in [2.75, 3.05) is 25.6 Å². The van der Waals surface area contributed by atoms with Gasteiger partial charge in [0.2, 0.25) is 5.91 Å². The zero-order valence-corrected chi connectivity index (χ0v) is 17.5. The molecule has 2 aromatic rings. The number of carbonyl (C=O) groups excluding carboxylic acids is 3. The van der Waals surface area contributed by atoms with Gasteiger partial charge in [0, 0.05) is 0 Å². The molecule has 0 bridgehead atoms. The highest BCUT2D eigenvalue weighted by Crippen LogP contribution is 2.35. The van der Waals surface area contributed by atoms with Crippen LogP contribution in [0.3, 0.4) is 0 Å². The number of ether oxygens (including phenoxy) is 2. The molecule has 0 aromatic heterocycles. The maximum Gasteiger partial charge on any atom is 0.338 e. The molecular formula is C23H23N3O5. The lowest BCUT2D eigenvalue weighted by Gasteiger charge is -2.32. The van der Waals surface area contributed by atoms with Crippen molar-refractivity contribution < 1.29 is 23.9 Å². The fourth-order valence-corrected chi connectivity index (χ4v) is 3.74. The van der Waals surface area contributed by atoms with Crippen LogP contribution < -0.4 is 15.4 Å². The number of carbonyl (C=O) groups is 3. The molecule has 4 rings (SSSR count). The number of hydrogen-bond acceptors (Lipinski definition) is 5. The van der Waals surface area contributed by atoms with Gasteiger partial charge in [0.1, 0.15) is 18.9 Å². The minimum absolute atomic E-state index is 0.0506. The third-order valence-electron chi connectivity index (χ3n) is 5.34. The highest BCUT2D eigenvalue weighted by atomic mass is 16.5. The topological polar surface area (TPSA) is 97.0 Å². The molecule has 0 radical (unpaired) electrons. The maximum absolute atomic E-state index is 12.9. The molecule has 160 valence electrons. The predicted molar refractivity (Wildman–Crippen MR) is 114 cm³/mol. The van der Waals surface area contributed by atoms with Gasteiger partial charge in [-0.05, 0) is 37.1 Å². The molecule has 1 unspecified atom stereocenters. The smallest absolute Gasteiger partial charge is 0.338 e. The van der Waals surface area contributed by atoms with Crippen molar-refractivity contribution in [3.63, 3.8) is 0 Å². The Labute approximate surface area is 179 Å². The van der Waals surface area contributed by atoms with Crippen LogP contribution in [0.5, 0.6) is 5.75 Å². The lowest BCUT2D eigenvalue weighted by Crippen LogP contribution is -2.49. The van der Waals surface area contributed by atoms with Crippen LogP contribution in [0.15, 0.2) is 53.7 Å². The van der Waals surface area contributed by atoms with E-state index in [9.17, 15) is 14.4 Å². The van der Waals surface area contributed by atoms with E-state index in [0.29, 0.717) is 22.7 Å². The molecule has 8 nitrogen and oxygen atoms in total. The lowest BCUT2D eigenvalue weighted by molar-refractivity contribution is -0.136. The molecule has 0 spiro atoms. The second kappa shape index (κ2) is 8.14. The molecule has 1 atom stereocenters. The Morgan fingerprint density at radius 1 is 1.16 bits per heavy atom. The van der Waals surface area contributed by atoms with Gasteiger partial charge in [-0.2, -0.15) is 0 Å². The quantitative estimate of drug-likeness (QED) is 0.724. The summed E-state index contributed by atoms with van der Waals surface area (Å²) in [5.74, 6) is -0.397. The Morgan fingerprint density at radius 2 is 1.87 bits per heavy atom. The monoisotopic (exact) mass is 421 g/mol. The highest BCUT2D eigenvalue weighted by molar-refractivity contribution is 6.00. The fraction of sp³-hybridized carbons (Fsp3) is 0.261. The van der Waals surface area contributed by atoms with Crippen molar-refractivity contribution in [2.24, 2.45) is 0 Å². The third kappa shape index (κ3) is 3.96. The number of anilines is 1. The molecule has 2 aliphatic heterocycles. The normalized spacial score (nSPS) is 17.8. The summed E-state index contributed by atoms with van der Waals surface area (Å²) in [6, 6.07) is 11.9. The van der Waals surface area contributed by atoms with Crippen molar-refractivity contribution in [2.45, 2.75) is 19.9 Å². The molecule has 2 N–H and O–H groups in total. The predicted octanol–water partition coefficient (Wildman–Crippen LogP) is 2.83. The van der Waals surface area contributed by atoms with Crippen LogP contribution in [0.1, 0.15) is 22.7 Å². The highest BCUT2D eigenvalue weighted by Gasteiger charge is 2.42. The van der Waals surface area contributed by atoms with E-state index in [2.05, 4.69) is 10.6 Å². The number of nitrogens with one attached hydrogen (secondary N) is 2. The lowest BCUT2D eigenvalue weighted by atomic mass is 9.95. The Balaban J connectivity index is 1.59. The fourth-order valence-electron chi connectivity index (χ4n) is 3.74. The summed E-state index contributed by atoms with van der Waals surface area (Å²) >= 11 is 0. The first-order valence-electron chi connectivity index (χ1n) is 9.86. The summed E-state index contributed by atoms with van der Waals surface area (Å²) in [6.45, 7) is 3.54. The Morgan fingerprint density at radius 3 is 2.58 bits per heavy atom. The van der Waals surface area contributed by atoms with Gasteiger partial charge >= 0.3 is 12.0 Å². The van der Waals surface area contributed by atoms with Crippen molar-refractivity contribution in [3.05, 3.63) is 70.4 Å². The van der Waals surface area contributed by atoms with Gasteiger partial charge in [-0.3, -0.25) is 9.69 Å². The van der Waals surface area contributed by atoms with E-state index in [-0.39, 0.29) is 13.2 Å². The summed E-state index contributed by atoms with van der Waals surface area (Å²) in [5, 5.41) is 5.60. The minimum Gasteiger partial charge on any atom is -0.495 e. The summed E-state index contributed by atoms with van der Waals surface area (Å²) in [7, 11) is 1.52. The Hall–Kier alpha value is -3.81. The van der Waals surface area contributed by atoms with Gasteiger partial charge in [-0.15, -0.1) is 0 Å². The number of aryl methyl sites for hydroxylation is 2. The number of urea groups is 1. The van der Waals surface area contributed by atoms with Crippen molar-refractivity contribution in [3.8, 4) is 5.75 Å². The van der Waals surface area contributed by atoms with Crippen molar-refractivity contribution in [1.29, 1.82) is 0 Å². The molecule has 31 heavy (non-hydrogen) atoms. The number of benzene rings is 2. The van der Waals surface area contributed by atoms with E-state index >= 15 is 0 Å². The van der Waals surface area contributed by atoms with Crippen LogP contribution in [0.4, 0.5) is 10.5 Å². The molecule has 0 fully saturated rings. The van der Waals surface area contributed by atoms with Gasteiger partial charge in [0.05, 0.1) is 30.1 Å². The van der Waals surface area contributed by atoms with Gasteiger partial charge in [-0.1, -0.05) is 35.9 Å². The van der Waals surface area contributed by atoms with E-state index in [1.807, 2.05) is 44.2 Å². The molecule has 0 saturated carbocycles. The number of esters is 1. The summed E-state index contributed by atoms with van der Waals surface area (Å²) in [5.41, 5.74) is 4.07. The standard InChI is InChI=1S/C23H23N3O5/c1-13-4-7-15(8-5-13)21-20-17(12-31-22(20)28)26(23(29)25-21)11-19(27)24-16-10-14(2)6-9-18(16)30-3/h4-10,21H,11-12H2,1-3H3,(H,24,27)(H,25,29). The number of hydrogen-bond donors (Lipinski definition) is 2. The third-order valence-corrected chi connectivity index (χ3v) is 5.34. The summed E-state index contributed by atoms with van der Waals surface area (Å²) < 4.78 is 10.5. The van der Waals surface area contributed by atoms with Gasteiger partial charge in [0.15, 0.2) is 0 Å². The Bertz CT molecular complexity index is 1090. The van der Waals surface area contributed by atoms with Crippen LogP contribution >= 0.6 is 0 Å². The number of methoxy groups -OCH3 is 1. The molecule has 2 aliphatic rings. The van der Waals surface area contributed by atoms with Crippen molar-refractivity contribution >= 4 is 23.6 Å². The molecule has 8 heteroatoms. The molecule has 2 aromatic carbocycles. The molecule has 3 amide bonds. The first-order chi connectivity index (χ1) is 14.9. The second-order valence-corrected chi connectivity index (χ2v) is 7.57. The van der Waals surface area contributed by atoms with Crippen LogP contribution in [0.2, 0.25) is 0 Å². The zero-order valence-electron chi connectivity index (χ0n) is 17.5. The van der Waals surface area contributed by atoms with E-state index in [1.54, 1.807) is 12.1 Å². The summed E-state index contributed by atoms with van der Waals surface area (Å²) in [4.78, 5) is 39.3. The first kappa shape index (κ1) is 20.5. The van der Waals surface area contributed by atoms with Gasteiger partial charge < -0.3 is 20.1 Å². The van der Waals surface area contributed by atoms with Crippen LogP contribution in [0.25, 0.3) is 0 Å². The molecular weight excluding hydrogens is 398 g/mol. The summed E-state index contributed by atoms with van der Waals surface area (Å²) in [6.07, 6.45) is 0.